The van der Waals surface area contributed by atoms with Gasteiger partial charge in [-0.25, -0.2) is 0 Å². The minimum absolute atomic E-state index is 0.671. The van der Waals surface area contributed by atoms with E-state index in [9.17, 15) is 0 Å². The Morgan fingerprint density at radius 3 is 1.03 bits per heavy atom. The average molecular weight is 901 g/mol. The molecule has 7 aromatic rings. The Hall–Kier alpha value is -7.30. The molecule has 7 aromatic carbocycles. The number of hydrogen-bond acceptors (Lipinski definition) is 4. The number of rotatable bonds is 22. The van der Waals surface area contributed by atoms with Gasteiger partial charge < -0.3 is 18.9 Å². The minimum atomic E-state index is 0.671. The molecule has 68 heavy (non-hydrogen) atoms. The summed E-state index contributed by atoms with van der Waals surface area (Å²) in [4.78, 5) is 0. The predicted molar refractivity (Wildman–Crippen MR) is 290 cm³/mol. The summed E-state index contributed by atoms with van der Waals surface area (Å²) in [5.41, 5.74) is 13.0. The third-order valence-electron chi connectivity index (χ3n) is 11.5. The second kappa shape index (κ2) is 28.0. The van der Waals surface area contributed by atoms with Crippen LogP contribution in [-0.2, 0) is 19.3 Å². The SMILES string of the molecule is CC=Cc1ccc(C=Cc2cc(OC)c(C)cc2OCCCc2ccccc2)cc1.CC=Cc1ccc(C=Cc2cc(OCCCc3ccccc3)c(C)cc2OCCCc2ccccc2)cc1. The summed E-state index contributed by atoms with van der Waals surface area (Å²) in [6.45, 7) is 10.2. The van der Waals surface area contributed by atoms with Gasteiger partial charge in [-0.3, -0.25) is 0 Å². The first-order chi connectivity index (χ1) is 33.4. The summed E-state index contributed by atoms with van der Waals surface area (Å²) >= 11 is 0. The Morgan fingerprint density at radius 2 is 0.676 bits per heavy atom. The Balaban J connectivity index is 0.000000230. The summed E-state index contributed by atoms with van der Waals surface area (Å²) in [6, 6.07) is 57.1. The van der Waals surface area contributed by atoms with Crippen LogP contribution in [0.25, 0.3) is 36.5 Å². The van der Waals surface area contributed by atoms with E-state index in [1.54, 1.807) is 7.11 Å². The molecule has 4 nitrogen and oxygen atoms in total. The molecular formula is C64H68O4. The van der Waals surface area contributed by atoms with Crippen LogP contribution in [-0.4, -0.2) is 26.9 Å². The van der Waals surface area contributed by atoms with E-state index in [1.807, 2.05) is 39.0 Å². The van der Waals surface area contributed by atoms with Crippen LogP contribution in [0.5, 0.6) is 23.0 Å². The van der Waals surface area contributed by atoms with Crippen molar-refractivity contribution in [2.24, 2.45) is 0 Å². The first kappa shape index (κ1) is 50.1. The van der Waals surface area contributed by atoms with Crippen LogP contribution in [0.15, 0.2) is 176 Å². The largest absolute Gasteiger partial charge is 0.496 e. The van der Waals surface area contributed by atoms with Gasteiger partial charge in [-0.1, -0.05) is 188 Å². The quantitative estimate of drug-likeness (QED) is 0.0502. The smallest absolute Gasteiger partial charge is 0.127 e. The number of benzene rings is 7. The summed E-state index contributed by atoms with van der Waals surface area (Å²) in [5, 5.41) is 0. The van der Waals surface area contributed by atoms with Gasteiger partial charge in [-0.2, -0.15) is 0 Å². The first-order valence-electron chi connectivity index (χ1n) is 24.1. The highest BCUT2D eigenvalue weighted by Crippen LogP contribution is 2.32. The van der Waals surface area contributed by atoms with E-state index < -0.39 is 0 Å². The van der Waals surface area contributed by atoms with Crippen molar-refractivity contribution in [1.82, 2.24) is 0 Å². The Kier molecular flexibility index (Phi) is 20.6. The number of aryl methyl sites for hydroxylation is 5. The van der Waals surface area contributed by atoms with Crippen molar-refractivity contribution in [3.05, 3.63) is 237 Å². The number of ether oxygens (including phenoxy) is 4. The van der Waals surface area contributed by atoms with Crippen LogP contribution in [0.2, 0.25) is 0 Å². The van der Waals surface area contributed by atoms with Gasteiger partial charge in [0.1, 0.15) is 23.0 Å². The molecule has 0 radical (unpaired) electrons. The van der Waals surface area contributed by atoms with Crippen LogP contribution < -0.4 is 18.9 Å². The zero-order valence-corrected chi connectivity index (χ0v) is 40.7. The normalized spacial score (nSPS) is 11.3. The Morgan fingerprint density at radius 1 is 0.353 bits per heavy atom. The van der Waals surface area contributed by atoms with Crippen LogP contribution in [0.4, 0.5) is 0 Å². The molecular weight excluding hydrogens is 833 g/mol. The highest BCUT2D eigenvalue weighted by molar-refractivity contribution is 5.75. The molecule has 0 amide bonds. The van der Waals surface area contributed by atoms with Crippen molar-refractivity contribution in [3.63, 3.8) is 0 Å². The van der Waals surface area contributed by atoms with E-state index in [0.717, 1.165) is 94.9 Å². The molecule has 0 heterocycles. The van der Waals surface area contributed by atoms with Crippen molar-refractivity contribution < 1.29 is 18.9 Å². The van der Waals surface area contributed by atoms with Crippen molar-refractivity contribution in [1.29, 1.82) is 0 Å². The zero-order chi connectivity index (χ0) is 47.6. The molecule has 0 N–H and O–H groups in total. The highest BCUT2D eigenvalue weighted by Gasteiger charge is 2.10. The monoisotopic (exact) mass is 901 g/mol. The van der Waals surface area contributed by atoms with E-state index in [0.29, 0.717) is 19.8 Å². The maximum Gasteiger partial charge on any atom is 0.127 e. The van der Waals surface area contributed by atoms with Crippen molar-refractivity contribution in [3.8, 4) is 23.0 Å². The number of allylic oxidation sites excluding steroid dienone is 2. The van der Waals surface area contributed by atoms with Gasteiger partial charge in [0.15, 0.2) is 0 Å². The molecule has 0 aliphatic heterocycles. The van der Waals surface area contributed by atoms with Crippen molar-refractivity contribution >= 4 is 36.5 Å². The zero-order valence-electron chi connectivity index (χ0n) is 40.7. The van der Waals surface area contributed by atoms with Gasteiger partial charge in [0.05, 0.1) is 26.9 Å². The maximum absolute atomic E-state index is 6.30. The van der Waals surface area contributed by atoms with Gasteiger partial charge in [-0.05, 0) is 141 Å². The molecule has 0 saturated heterocycles. The van der Waals surface area contributed by atoms with Gasteiger partial charge in [0.25, 0.3) is 0 Å². The molecule has 0 saturated carbocycles. The average Bonchev–Trinajstić information content (AvgIpc) is 3.37. The lowest BCUT2D eigenvalue weighted by Crippen LogP contribution is -2.04. The third-order valence-corrected chi connectivity index (χ3v) is 11.5. The lowest BCUT2D eigenvalue weighted by Gasteiger charge is -2.15. The van der Waals surface area contributed by atoms with Crippen LogP contribution in [0, 0.1) is 13.8 Å². The van der Waals surface area contributed by atoms with Crippen LogP contribution >= 0.6 is 0 Å². The van der Waals surface area contributed by atoms with Gasteiger partial charge >= 0.3 is 0 Å². The number of methoxy groups -OCH3 is 1. The Labute approximate surface area is 407 Å². The van der Waals surface area contributed by atoms with Gasteiger partial charge in [-0.15, -0.1) is 0 Å². The van der Waals surface area contributed by atoms with Crippen molar-refractivity contribution in [2.45, 2.75) is 66.2 Å². The van der Waals surface area contributed by atoms with Gasteiger partial charge in [0.2, 0.25) is 0 Å². The van der Waals surface area contributed by atoms with E-state index >= 15 is 0 Å². The first-order valence-corrected chi connectivity index (χ1v) is 24.1. The molecule has 0 aliphatic rings. The predicted octanol–water partition coefficient (Wildman–Crippen LogP) is 16.4. The number of hydrogen-bond donors (Lipinski definition) is 0. The molecule has 0 spiro atoms. The van der Waals surface area contributed by atoms with Crippen LogP contribution in [0.3, 0.4) is 0 Å². The molecule has 0 bridgehead atoms. The van der Waals surface area contributed by atoms with E-state index in [1.165, 1.54) is 27.8 Å². The molecule has 0 unspecified atom stereocenters. The standard InChI is InChI=1S/C36H38O2.C28H30O2/c1-3-12-30-19-21-33(22-20-30)23-24-34-28-35(37-25-10-17-31-13-6-4-7-14-31)29(2)27-36(34)38-26-11-18-32-15-8-5-9-16-32;1-4-9-23-13-15-25(16-14-23)17-18-26-21-27(29-3)22(2)20-28(26)30-19-8-12-24-10-6-5-7-11-24/h3-9,12-16,19-24,27-28H,10-11,17-18,25-26H2,1-2H3;4-7,9-11,13-18,20-21H,8,12,19H2,1-3H3. The Bertz CT molecular complexity index is 2660. The van der Waals surface area contributed by atoms with E-state index in [-0.39, 0.29) is 0 Å². The molecule has 348 valence electrons. The minimum Gasteiger partial charge on any atom is -0.496 e. The summed E-state index contributed by atoms with van der Waals surface area (Å²) in [5.74, 6) is 3.57. The molecule has 0 atom stereocenters. The second-order valence-corrected chi connectivity index (χ2v) is 16.8. The molecule has 7 rings (SSSR count). The fraction of sp³-hybridized carbons (Fsp3) is 0.219. The summed E-state index contributed by atoms with van der Waals surface area (Å²) in [6.07, 6.45) is 22.7. The van der Waals surface area contributed by atoms with Crippen molar-refractivity contribution in [2.75, 3.05) is 26.9 Å². The molecule has 0 aromatic heterocycles. The maximum atomic E-state index is 6.30. The van der Waals surface area contributed by atoms with E-state index in [4.69, 9.17) is 18.9 Å². The third kappa shape index (κ3) is 16.8. The lowest BCUT2D eigenvalue weighted by molar-refractivity contribution is 0.300. The molecule has 4 heteroatoms. The fourth-order valence-corrected chi connectivity index (χ4v) is 7.74. The fourth-order valence-electron chi connectivity index (χ4n) is 7.74. The summed E-state index contributed by atoms with van der Waals surface area (Å²) < 4.78 is 24.2. The summed E-state index contributed by atoms with van der Waals surface area (Å²) in [7, 11) is 1.70. The second-order valence-electron chi connectivity index (χ2n) is 16.8. The van der Waals surface area contributed by atoms with Gasteiger partial charge in [0, 0.05) is 11.1 Å². The highest BCUT2D eigenvalue weighted by atomic mass is 16.5. The van der Waals surface area contributed by atoms with Crippen LogP contribution in [0.1, 0.15) is 94.3 Å². The topological polar surface area (TPSA) is 36.9 Å². The van der Waals surface area contributed by atoms with E-state index in [2.05, 4.69) is 201 Å². The molecule has 0 fully saturated rings. The molecule has 0 aliphatic carbocycles. The lowest BCUT2D eigenvalue weighted by atomic mass is 10.1.